The monoisotopic (exact) mass is 430 g/mol. The fourth-order valence-corrected chi connectivity index (χ4v) is 4.07. The molecule has 0 spiro atoms. The van der Waals surface area contributed by atoms with E-state index in [4.69, 9.17) is 0 Å². The number of hydrogen-bond acceptors (Lipinski definition) is 6. The number of non-ortho nitro benzene ring substituents is 1. The van der Waals surface area contributed by atoms with Gasteiger partial charge >= 0.3 is 0 Å². The number of carbonyl (C=O) groups excluding carboxylic acids is 2. The van der Waals surface area contributed by atoms with Crippen LogP contribution in [0, 0.1) is 21.8 Å². The summed E-state index contributed by atoms with van der Waals surface area (Å²) in [6, 6.07) is 19.1. The van der Waals surface area contributed by atoms with Crippen molar-refractivity contribution >= 4 is 34.6 Å². The number of amides is 2. The van der Waals surface area contributed by atoms with Crippen LogP contribution in [-0.4, -0.2) is 28.5 Å². The second-order valence-electron chi connectivity index (χ2n) is 7.36. The van der Waals surface area contributed by atoms with Gasteiger partial charge < -0.3 is 0 Å². The Hall–Kier alpha value is -4.40. The van der Waals surface area contributed by atoms with Gasteiger partial charge in [0.05, 0.1) is 22.0 Å². The highest BCUT2D eigenvalue weighted by atomic mass is 19.1. The molecule has 2 atom stereocenters. The summed E-state index contributed by atoms with van der Waals surface area (Å²) in [6.45, 7) is 0. The first kappa shape index (κ1) is 19.6. The number of hydrogen-bond donors (Lipinski definition) is 0. The van der Waals surface area contributed by atoms with Gasteiger partial charge in [0.25, 0.3) is 11.6 Å². The summed E-state index contributed by atoms with van der Waals surface area (Å²) in [5.74, 6) is -2.85. The Morgan fingerprint density at radius 1 is 0.875 bits per heavy atom. The maximum atomic E-state index is 14.5. The molecule has 8 nitrogen and oxygen atoms in total. The van der Waals surface area contributed by atoms with Gasteiger partial charge in [0.15, 0.2) is 0 Å². The molecule has 2 amide bonds. The van der Waals surface area contributed by atoms with Crippen molar-refractivity contribution in [2.24, 2.45) is 11.0 Å². The third kappa shape index (κ3) is 2.94. The Kier molecular flexibility index (Phi) is 4.51. The van der Waals surface area contributed by atoms with E-state index in [1.54, 1.807) is 30.3 Å². The number of benzene rings is 3. The van der Waals surface area contributed by atoms with Crippen molar-refractivity contribution in [3.05, 3.63) is 100 Å². The number of hydrazone groups is 1. The first-order valence-corrected chi connectivity index (χ1v) is 9.77. The van der Waals surface area contributed by atoms with Gasteiger partial charge in [-0.1, -0.05) is 30.3 Å². The molecule has 1 fully saturated rings. The molecule has 0 unspecified atom stereocenters. The maximum absolute atomic E-state index is 14.5. The predicted molar refractivity (Wildman–Crippen MR) is 115 cm³/mol. The van der Waals surface area contributed by atoms with Crippen molar-refractivity contribution in [2.45, 2.75) is 6.04 Å². The van der Waals surface area contributed by atoms with Crippen LogP contribution in [0.3, 0.4) is 0 Å². The van der Waals surface area contributed by atoms with Crippen molar-refractivity contribution in [2.75, 3.05) is 9.91 Å². The molecule has 158 valence electrons. The smallest absolute Gasteiger partial charge is 0.269 e. The van der Waals surface area contributed by atoms with E-state index in [2.05, 4.69) is 5.10 Å². The molecular weight excluding hydrogens is 415 g/mol. The van der Waals surface area contributed by atoms with Crippen molar-refractivity contribution in [3.8, 4) is 0 Å². The molecule has 0 N–H and O–H groups in total. The molecule has 2 aliphatic heterocycles. The van der Waals surface area contributed by atoms with E-state index in [-0.39, 0.29) is 11.4 Å². The normalized spacial score (nSPS) is 19.8. The molecule has 1 saturated heterocycles. The zero-order valence-corrected chi connectivity index (χ0v) is 16.5. The Labute approximate surface area is 181 Å². The molecule has 32 heavy (non-hydrogen) atoms. The van der Waals surface area contributed by atoms with Gasteiger partial charge in [-0.2, -0.15) is 5.10 Å². The van der Waals surface area contributed by atoms with Crippen molar-refractivity contribution in [1.82, 2.24) is 0 Å². The number of nitro benzene ring substituents is 1. The number of nitrogens with zero attached hydrogens (tertiary/aromatic N) is 4. The van der Waals surface area contributed by atoms with Crippen LogP contribution < -0.4 is 9.91 Å². The number of para-hydroxylation sites is 2. The van der Waals surface area contributed by atoms with Gasteiger partial charge in [0.1, 0.15) is 17.8 Å². The minimum Gasteiger partial charge on any atom is -0.273 e. The highest BCUT2D eigenvalue weighted by Crippen LogP contribution is 2.39. The second kappa shape index (κ2) is 7.38. The number of fused-ring (bicyclic) bond motifs is 1. The first-order chi connectivity index (χ1) is 15.5. The minimum atomic E-state index is -0.991. The van der Waals surface area contributed by atoms with Gasteiger partial charge in [-0.3, -0.25) is 24.7 Å². The maximum Gasteiger partial charge on any atom is 0.269 e. The molecule has 0 aliphatic carbocycles. The third-order valence-electron chi connectivity index (χ3n) is 5.54. The summed E-state index contributed by atoms with van der Waals surface area (Å²) in [6.07, 6.45) is 0. The molecular formula is C23H15FN4O4. The van der Waals surface area contributed by atoms with Gasteiger partial charge in [0, 0.05) is 12.1 Å². The Morgan fingerprint density at radius 2 is 1.53 bits per heavy atom. The Balaban J connectivity index is 1.63. The summed E-state index contributed by atoms with van der Waals surface area (Å²) in [5, 5.41) is 17.0. The molecule has 0 bridgehead atoms. The summed E-state index contributed by atoms with van der Waals surface area (Å²) in [4.78, 5) is 38.1. The lowest BCUT2D eigenvalue weighted by molar-refractivity contribution is -0.384. The molecule has 5 rings (SSSR count). The van der Waals surface area contributed by atoms with Crippen LogP contribution in [-0.2, 0) is 9.59 Å². The number of halogens is 1. The van der Waals surface area contributed by atoms with Crippen LogP contribution >= 0.6 is 0 Å². The van der Waals surface area contributed by atoms with Gasteiger partial charge in [0.2, 0.25) is 5.91 Å². The lowest BCUT2D eigenvalue weighted by Gasteiger charge is -2.22. The zero-order chi connectivity index (χ0) is 22.4. The lowest BCUT2D eigenvalue weighted by atomic mass is 9.92. The zero-order valence-electron chi connectivity index (χ0n) is 16.5. The highest BCUT2D eigenvalue weighted by molar-refractivity contribution is 6.34. The van der Waals surface area contributed by atoms with Crippen molar-refractivity contribution in [3.63, 3.8) is 0 Å². The van der Waals surface area contributed by atoms with E-state index in [9.17, 15) is 24.1 Å². The molecule has 9 heteroatoms. The van der Waals surface area contributed by atoms with Crippen LogP contribution in [0.15, 0.2) is 84.0 Å². The Bertz CT molecular complexity index is 1280. The van der Waals surface area contributed by atoms with Gasteiger partial charge in [-0.05, 0) is 42.0 Å². The quantitative estimate of drug-likeness (QED) is 0.359. The van der Waals surface area contributed by atoms with Crippen LogP contribution in [0.1, 0.15) is 5.56 Å². The average molecular weight is 430 g/mol. The highest BCUT2D eigenvalue weighted by Gasteiger charge is 2.57. The molecule has 0 aromatic heterocycles. The molecule has 0 saturated carbocycles. The van der Waals surface area contributed by atoms with E-state index < -0.39 is 34.5 Å². The molecule has 3 aromatic rings. The van der Waals surface area contributed by atoms with Crippen LogP contribution in [0.4, 0.5) is 21.5 Å². The topological polar surface area (TPSA) is 96.1 Å². The van der Waals surface area contributed by atoms with Gasteiger partial charge in [-0.25, -0.2) is 9.29 Å². The van der Waals surface area contributed by atoms with Crippen LogP contribution in [0.5, 0.6) is 0 Å². The first-order valence-electron chi connectivity index (χ1n) is 9.77. The predicted octanol–water partition coefficient (Wildman–Crippen LogP) is 3.52. The molecule has 0 radical (unpaired) electrons. The minimum absolute atomic E-state index is 0.106. The Morgan fingerprint density at radius 3 is 2.19 bits per heavy atom. The van der Waals surface area contributed by atoms with E-state index in [0.717, 1.165) is 4.90 Å². The SMILES string of the molecule is O=C1[C@@H]2C(c3ccc([N+](=O)[O-])cc3)=NN(c3ccccc3)[C@@H]2C(=O)N1c1ccccc1F. The standard InChI is InChI=1S/C23H15FN4O4/c24-17-8-4-5-9-18(17)26-22(29)19-20(14-10-12-16(13-11-14)28(31)32)25-27(21(19)23(26)30)15-6-2-1-3-7-15/h1-13,19,21H/t19-,21+/m1/s1. The number of rotatable bonds is 4. The number of anilines is 2. The van der Waals surface area contributed by atoms with Crippen molar-refractivity contribution < 1.29 is 18.9 Å². The largest absolute Gasteiger partial charge is 0.273 e. The van der Waals surface area contributed by atoms with E-state index >= 15 is 0 Å². The van der Waals surface area contributed by atoms with E-state index in [1.807, 2.05) is 6.07 Å². The van der Waals surface area contributed by atoms with Crippen LogP contribution in [0.25, 0.3) is 0 Å². The molecule has 2 heterocycles. The molecule has 3 aromatic carbocycles. The number of carbonyl (C=O) groups is 2. The fraction of sp³-hybridized carbons (Fsp3) is 0.0870. The van der Waals surface area contributed by atoms with Crippen LogP contribution in [0.2, 0.25) is 0 Å². The number of imide groups is 1. The lowest BCUT2D eigenvalue weighted by Crippen LogP contribution is -2.39. The third-order valence-corrected chi connectivity index (χ3v) is 5.54. The number of nitro groups is 1. The summed E-state index contributed by atoms with van der Waals surface area (Å²) >= 11 is 0. The summed E-state index contributed by atoms with van der Waals surface area (Å²) in [5.41, 5.74) is 1.14. The summed E-state index contributed by atoms with van der Waals surface area (Å²) < 4.78 is 14.5. The van der Waals surface area contributed by atoms with Crippen molar-refractivity contribution in [1.29, 1.82) is 0 Å². The van der Waals surface area contributed by atoms with E-state index in [0.29, 0.717) is 17.0 Å². The second-order valence-corrected chi connectivity index (χ2v) is 7.36. The average Bonchev–Trinajstić information content (AvgIpc) is 3.32. The molecule has 2 aliphatic rings. The van der Waals surface area contributed by atoms with E-state index in [1.165, 1.54) is 47.5 Å². The fourth-order valence-electron chi connectivity index (χ4n) is 4.07. The summed E-state index contributed by atoms with van der Waals surface area (Å²) in [7, 11) is 0. The van der Waals surface area contributed by atoms with Gasteiger partial charge in [-0.15, -0.1) is 0 Å².